The summed E-state index contributed by atoms with van der Waals surface area (Å²) in [4.78, 5) is 19.0. The Hall–Kier alpha value is -2.05. The molecular weight excluding hydrogens is 386 g/mol. The molecule has 6 heteroatoms. The molecule has 0 saturated carbocycles. The summed E-state index contributed by atoms with van der Waals surface area (Å²) in [5.74, 6) is -0.117. The number of nitrogens with one attached hydrogen (secondary N) is 1. The Morgan fingerprint density at radius 3 is 2.83 bits per heavy atom. The van der Waals surface area contributed by atoms with Crippen LogP contribution < -0.4 is 5.32 Å². The molecule has 4 nitrogen and oxygen atoms in total. The third-order valence-electron chi connectivity index (χ3n) is 3.89. The summed E-state index contributed by atoms with van der Waals surface area (Å²) < 4.78 is 0.888. The first-order chi connectivity index (χ1) is 11.7. The van der Waals surface area contributed by atoms with Gasteiger partial charge in [0.1, 0.15) is 0 Å². The van der Waals surface area contributed by atoms with Gasteiger partial charge < -0.3 is 10.2 Å². The number of rotatable bonds is 3. The van der Waals surface area contributed by atoms with Crippen LogP contribution in [-0.4, -0.2) is 29.1 Å². The van der Waals surface area contributed by atoms with Crippen LogP contribution in [0.15, 0.2) is 63.4 Å². The molecule has 120 valence electrons. The van der Waals surface area contributed by atoms with Gasteiger partial charge in [-0.15, -0.1) is 0 Å². The Bertz CT molecular complexity index is 861. The van der Waals surface area contributed by atoms with Crippen molar-refractivity contribution in [2.75, 3.05) is 18.4 Å². The number of aliphatic imine (C=N–C) groups is 1. The van der Waals surface area contributed by atoms with Gasteiger partial charge in [0.05, 0.1) is 12.2 Å². The maximum absolute atomic E-state index is 12.3. The molecule has 0 aromatic heterocycles. The summed E-state index contributed by atoms with van der Waals surface area (Å²) in [5.41, 5.74) is 3.72. The van der Waals surface area contributed by atoms with Crippen molar-refractivity contribution in [2.45, 2.75) is 0 Å². The number of benzene rings is 2. The number of hydrogen-bond donors (Lipinski definition) is 1. The van der Waals surface area contributed by atoms with Crippen molar-refractivity contribution < 1.29 is 4.79 Å². The van der Waals surface area contributed by atoms with E-state index in [2.05, 4.69) is 36.5 Å². The summed E-state index contributed by atoms with van der Waals surface area (Å²) in [7, 11) is 0. The summed E-state index contributed by atoms with van der Waals surface area (Å²) in [6.45, 7) is 1.80. The molecule has 0 unspecified atom stereocenters. The Morgan fingerprint density at radius 2 is 2.04 bits per heavy atom. The number of amidine groups is 1. The van der Waals surface area contributed by atoms with Crippen molar-refractivity contribution in [2.24, 2.45) is 4.99 Å². The van der Waals surface area contributed by atoms with Crippen LogP contribution in [0.2, 0.25) is 0 Å². The Balaban J connectivity index is 1.48. The fourth-order valence-electron chi connectivity index (χ4n) is 2.70. The number of halogens is 1. The third kappa shape index (κ3) is 2.99. The van der Waals surface area contributed by atoms with Crippen LogP contribution in [0.4, 0.5) is 5.69 Å². The highest BCUT2D eigenvalue weighted by Gasteiger charge is 2.26. The van der Waals surface area contributed by atoms with Crippen molar-refractivity contribution >= 4 is 50.2 Å². The molecule has 0 aliphatic carbocycles. The lowest BCUT2D eigenvalue weighted by atomic mass is 10.1. The van der Waals surface area contributed by atoms with Crippen LogP contribution in [0.25, 0.3) is 5.70 Å². The van der Waals surface area contributed by atoms with Gasteiger partial charge in [-0.1, -0.05) is 45.9 Å². The van der Waals surface area contributed by atoms with E-state index in [1.54, 1.807) is 23.9 Å². The highest BCUT2D eigenvalue weighted by atomic mass is 79.9. The minimum absolute atomic E-state index is 0.117. The number of fused-ring (bicyclic) bond motifs is 1. The van der Waals surface area contributed by atoms with Gasteiger partial charge in [-0.2, -0.15) is 0 Å². The molecule has 0 radical (unpaired) electrons. The van der Waals surface area contributed by atoms with E-state index < -0.39 is 0 Å². The summed E-state index contributed by atoms with van der Waals surface area (Å²) in [5, 5.41) is 6.14. The second kappa shape index (κ2) is 6.45. The van der Waals surface area contributed by atoms with Gasteiger partial charge in [0.25, 0.3) is 5.91 Å². The quantitative estimate of drug-likeness (QED) is 0.830. The Morgan fingerprint density at radius 1 is 1.21 bits per heavy atom. The van der Waals surface area contributed by atoms with Crippen LogP contribution in [0.1, 0.15) is 15.9 Å². The smallest absolute Gasteiger partial charge is 0.255 e. The van der Waals surface area contributed by atoms with Crippen molar-refractivity contribution in [3.05, 3.63) is 69.5 Å². The lowest BCUT2D eigenvalue weighted by Crippen LogP contribution is -2.19. The topological polar surface area (TPSA) is 44.7 Å². The van der Waals surface area contributed by atoms with Crippen LogP contribution in [0.3, 0.4) is 0 Å². The molecule has 2 aromatic rings. The average molecular weight is 400 g/mol. The van der Waals surface area contributed by atoms with Gasteiger partial charge in [0.15, 0.2) is 5.17 Å². The predicted molar refractivity (Wildman–Crippen MR) is 103 cm³/mol. The predicted octanol–water partition coefficient (Wildman–Crippen LogP) is 4.42. The molecule has 2 heterocycles. The number of thioether (sulfide) groups is 1. The van der Waals surface area contributed by atoms with E-state index in [1.807, 2.05) is 36.4 Å². The fourth-order valence-corrected chi connectivity index (χ4v) is 4.07. The maximum Gasteiger partial charge on any atom is 0.255 e. The van der Waals surface area contributed by atoms with Crippen LogP contribution in [0, 0.1) is 0 Å². The summed E-state index contributed by atoms with van der Waals surface area (Å²) in [6, 6.07) is 15.3. The molecule has 1 N–H and O–H groups in total. The molecule has 1 amide bonds. The van der Waals surface area contributed by atoms with Gasteiger partial charge in [-0.25, -0.2) is 0 Å². The lowest BCUT2D eigenvalue weighted by Gasteiger charge is -2.16. The van der Waals surface area contributed by atoms with E-state index in [1.165, 1.54) is 5.70 Å². The fraction of sp³-hybridized carbons (Fsp3) is 0.111. The summed E-state index contributed by atoms with van der Waals surface area (Å²) >= 11 is 5.05. The zero-order valence-electron chi connectivity index (χ0n) is 12.7. The number of nitrogens with zero attached hydrogens (tertiary/aromatic N) is 2. The van der Waals surface area contributed by atoms with E-state index in [0.29, 0.717) is 5.56 Å². The van der Waals surface area contributed by atoms with Crippen LogP contribution in [0.5, 0.6) is 0 Å². The van der Waals surface area contributed by atoms with Gasteiger partial charge in [-0.05, 0) is 35.9 Å². The van der Waals surface area contributed by atoms with Crippen LogP contribution in [-0.2, 0) is 0 Å². The minimum atomic E-state index is -0.117. The minimum Gasteiger partial charge on any atom is -0.322 e. The largest absolute Gasteiger partial charge is 0.322 e. The maximum atomic E-state index is 12.3. The second-order valence-corrected chi connectivity index (χ2v) is 7.23. The Labute approximate surface area is 152 Å². The first-order valence-electron chi connectivity index (χ1n) is 7.57. The van der Waals surface area contributed by atoms with Crippen molar-refractivity contribution in [3.63, 3.8) is 0 Å². The van der Waals surface area contributed by atoms with E-state index in [0.717, 1.165) is 34.0 Å². The SMILES string of the molecule is O=C(Nc1ccc(C2=CSC3=NCCN23)cc1)c1cccc(Br)c1. The second-order valence-electron chi connectivity index (χ2n) is 5.48. The van der Waals surface area contributed by atoms with Crippen molar-refractivity contribution in [3.8, 4) is 0 Å². The normalized spacial score (nSPS) is 15.8. The third-order valence-corrected chi connectivity index (χ3v) is 5.29. The number of hydrogen-bond acceptors (Lipinski definition) is 4. The zero-order chi connectivity index (χ0) is 16.5. The van der Waals surface area contributed by atoms with E-state index >= 15 is 0 Å². The van der Waals surface area contributed by atoms with Crippen molar-refractivity contribution in [1.82, 2.24) is 4.90 Å². The monoisotopic (exact) mass is 399 g/mol. The molecule has 24 heavy (non-hydrogen) atoms. The van der Waals surface area contributed by atoms with Gasteiger partial charge in [-0.3, -0.25) is 9.79 Å². The molecular formula is C18H14BrN3OS. The molecule has 2 aliphatic heterocycles. The molecule has 0 bridgehead atoms. The molecule has 4 rings (SSSR count). The standard InChI is InChI=1S/C18H14BrN3OS/c19-14-3-1-2-13(10-14)17(23)21-15-6-4-12(5-7-15)16-11-24-18-20-8-9-22(16)18/h1-7,10-11H,8-9H2,(H,21,23). The molecule has 0 saturated heterocycles. The van der Waals surface area contributed by atoms with Crippen molar-refractivity contribution in [1.29, 1.82) is 0 Å². The molecule has 2 aromatic carbocycles. The van der Waals surface area contributed by atoms with E-state index in [9.17, 15) is 4.79 Å². The summed E-state index contributed by atoms with van der Waals surface area (Å²) in [6.07, 6.45) is 0. The van der Waals surface area contributed by atoms with Gasteiger partial charge >= 0.3 is 0 Å². The number of carbonyl (C=O) groups excluding carboxylic acids is 1. The number of carbonyl (C=O) groups is 1. The first-order valence-corrected chi connectivity index (χ1v) is 9.24. The van der Waals surface area contributed by atoms with Gasteiger partial charge in [0.2, 0.25) is 0 Å². The van der Waals surface area contributed by atoms with E-state index in [-0.39, 0.29) is 5.91 Å². The first kappa shape index (κ1) is 15.5. The van der Waals surface area contributed by atoms with E-state index in [4.69, 9.17) is 0 Å². The molecule has 0 atom stereocenters. The molecule has 2 aliphatic rings. The van der Waals surface area contributed by atoms with Crippen LogP contribution >= 0.6 is 27.7 Å². The molecule has 0 fully saturated rings. The highest BCUT2D eigenvalue weighted by molar-refractivity contribution is 9.10. The lowest BCUT2D eigenvalue weighted by molar-refractivity contribution is 0.102. The van der Waals surface area contributed by atoms with Gasteiger partial charge in [0, 0.05) is 27.7 Å². The number of amides is 1. The number of anilines is 1. The average Bonchev–Trinajstić information content (AvgIpc) is 3.19. The zero-order valence-corrected chi connectivity index (χ0v) is 15.1. The highest BCUT2D eigenvalue weighted by Crippen LogP contribution is 2.35. The molecule has 0 spiro atoms. The Kier molecular flexibility index (Phi) is 4.16.